The van der Waals surface area contributed by atoms with E-state index in [1.165, 1.54) is 0 Å². The Kier molecular flexibility index (Phi) is 13.3. The van der Waals surface area contributed by atoms with Gasteiger partial charge in [-0.25, -0.2) is 0 Å². The fraction of sp³-hybridized carbons (Fsp3) is 0.714. The number of nitrogens with zero attached hydrogens (tertiary/aromatic N) is 1. The molecule has 0 aliphatic carbocycles. The second kappa shape index (κ2) is 15.6. The first kappa shape index (κ1) is 29.8. The lowest BCUT2D eigenvalue weighted by atomic mass is 10.1. The largest absolute Gasteiger partial charge is 0.481 e. The molecular formula is C21H35N5O9. The van der Waals surface area contributed by atoms with Crippen LogP contribution in [0.1, 0.15) is 51.4 Å². The number of likely N-dealkylation sites (tertiary alicyclic amines) is 1. The molecule has 1 aliphatic heterocycles. The zero-order valence-electron chi connectivity index (χ0n) is 19.5. The number of hydrogen-bond donors (Lipinski definition) is 7. The lowest BCUT2D eigenvalue weighted by Crippen LogP contribution is -2.58. The molecule has 0 aromatic heterocycles. The highest BCUT2D eigenvalue weighted by Crippen LogP contribution is 2.12. The van der Waals surface area contributed by atoms with E-state index in [2.05, 4.69) is 16.0 Å². The van der Waals surface area contributed by atoms with Gasteiger partial charge in [0.2, 0.25) is 23.6 Å². The predicted molar refractivity (Wildman–Crippen MR) is 121 cm³/mol. The van der Waals surface area contributed by atoms with Crippen molar-refractivity contribution >= 4 is 35.6 Å². The van der Waals surface area contributed by atoms with Gasteiger partial charge in [0.1, 0.15) is 18.1 Å². The molecule has 14 nitrogen and oxygen atoms in total. The van der Waals surface area contributed by atoms with Gasteiger partial charge in [-0.2, -0.15) is 0 Å². The topological polar surface area (TPSA) is 228 Å². The van der Waals surface area contributed by atoms with Crippen LogP contribution >= 0.6 is 0 Å². The Bertz CT molecular complexity index is 770. The smallest absolute Gasteiger partial charge is 0.305 e. The second-order valence-electron chi connectivity index (χ2n) is 8.23. The number of aliphatic hydroxyl groups excluding tert-OH is 1. The van der Waals surface area contributed by atoms with E-state index in [4.69, 9.17) is 10.8 Å². The van der Waals surface area contributed by atoms with Gasteiger partial charge in [0, 0.05) is 19.5 Å². The van der Waals surface area contributed by atoms with E-state index >= 15 is 0 Å². The Morgan fingerprint density at radius 3 is 1.94 bits per heavy atom. The first-order valence-corrected chi connectivity index (χ1v) is 11.5. The molecule has 3 atom stereocenters. The van der Waals surface area contributed by atoms with Gasteiger partial charge in [-0.15, -0.1) is 0 Å². The summed E-state index contributed by atoms with van der Waals surface area (Å²) in [4.78, 5) is 73.6. The average Bonchev–Trinajstić information content (AvgIpc) is 3.34. The van der Waals surface area contributed by atoms with Crippen molar-refractivity contribution in [2.75, 3.05) is 26.2 Å². The molecule has 4 amide bonds. The van der Waals surface area contributed by atoms with Crippen molar-refractivity contribution in [2.24, 2.45) is 5.73 Å². The SMILES string of the molecule is NCCCC[C@H](NC(=O)[C@H](CC(=O)O)NC(=O)[C@H](CO)NC(=O)CCC(=O)O)C(=O)N1CCCC1. The van der Waals surface area contributed by atoms with E-state index in [0.29, 0.717) is 32.5 Å². The molecule has 1 aliphatic rings. The predicted octanol–water partition coefficient (Wildman–Crippen LogP) is -2.48. The number of aliphatic hydroxyl groups is 1. The Morgan fingerprint density at radius 1 is 0.800 bits per heavy atom. The van der Waals surface area contributed by atoms with E-state index in [-0.39, 0.29) is 12.3 Å². The molecule has 0 aromatic carbocycles. The van der Waals surface area contributed by atoms with Gasteiger partial charge in [0.05, 0.1) is 19.4 Å². The number of hydrogen-bond acceptors (Lipinski definition) is 8. The Labute approximate surface area is 202 Å². The van der Waals surface area contributed by atoms with Crippen LogP contribution in [0.4, 0.5) is 0 Å². The normalized spacial score (nSPS) is 15.5. The van der Waals surface area contributed by atoms with E-state index in [1.54, 1.807) is 4.90 Å². The monoisotopic (exact) mass is 501 g/mol. The number of carboxylic acids is 2. The first-order chi connectivity index (χ1) is 16.6. The maximum atomic E-state index is 12.9. The molecule has 1 rings (SSSR count). The Hall–Kier alpha value is -3.26. The Balaban J connectivity index is 2.88. The molecule has 0 unspecified atom stereocenters. The summed E-state index contributed by atoms with van der Waals surface area (Å²) in [6, 6.07) is -4.05. The summed E-state index contributed by atoms with van der Waals surface area (Å²) in [5.74, 6) is -5.69. The molecule has 0 spiro atoms. The van der Waals surface area contributed by atoms with Gasteiger partial charge >= 0.3 is 11.9 Å². The zero-order chi connectivity index (χ0) is 26.4. The van der Waals surface area contributed by atoms with Crippen LogP contribution in [-0.2, 0) is 28.8 Å². The average molecular weight is 502 g/mol. The number of nitrogens with one attached hydrogen (secondary N) is 3. The fourth-order valence-corrected chi connectivity index (χ4v) is 3.52. The third-order valence-electron chi connectivity index (χ3n) is 5.39. The molecule has 0 bridgehead atoms. The van der Waals surface area contributed by atoms with Gasteiger partial charge in [-0.05, 0) is 38.6 Å². The molecule has 1 saturated heterocycles. The number of rotatable bonds is 16. The number of carbonyl (C=O) groups excluding carboxylic acids is 4. The van der Waals surface area contributed by atoms with Crippen molar-refractivity contribution in [3.05, 3.63) is 0 Å². The van der Waals surface area contributed by atoms with Crippen LogP contribution in [-0.4, -0.2) is 100 Å². The molecule has 8 N–H and O–H groups in total. The van der Waals surface area contributed by atoms with Crippen LogP contribution in [0.25, 0.3) is 0 Å². The van der Waals surface area contributed by atoms with Gasteiger partial charge in [-0.1, -0.05) is 0 Å². The molecular weight excluding hydrogens is 466 g/mol. The summed E-state index contributed by atoms with van der Waals surface area (Å²) in [6.07, 6.45) is 1.39. The molecule has 14 heteroatoms. The number of nitrogens with two attached hydrogens (primary N) is 1. The molecule has 35 heavy (non-hydrogen) atoms. The summed E-state index contributed by atoms with van der Waals surface area (Å²) in [6.45, 7) is 0.631. The van der Waals surface area contributed by atoms with Gasteiger partial charge < -0.3 is 41.9 Å². The lowest BCUT2D eigenvalue weighted by Gasteiger charge is -2.27. The van der Waals surface area contributed by atoms with Crippen molar-refractivity contribution in [1.29, 1.82) is 0 Å². The zero-order valence-corrected chi connectivity index (χ0v) is 19.5. The van der Waals surface area contributed by atoms with Crippen molar-refractivity contribution in [3.8, 4) is 0 Å². The molecule has 1 heterocycles. The third kappa shape index (κ3) is 11.1. The van der Waals surface area contributed by atoms with E-state index in [0.717, 1.165) is 12.8 Å². The summed E-state index contributed by atoms with van der Waals surface area (Å²) >= 11 is 0. The van der Waals surface area contributed by atoms with E-state index in [9.17, 15) is 39.0 Å². The van der Waals surface area contributed by atoms with Crippen molar-refractivity contribution in [1.82, 2.24) is 20.9 Å². The van der Waals surface area contributed by atoms with Crippen LogP contribution in [0.5, 0.6) is 0 Å². The summed E-state index contributed by atoms with van der Waals surface area (Å²) < 4.78 is 0. The third-order valence-corrected chi connectivity index (χ3v) is 5.39. The van der Waals surface area contributed by atoms with Crippen LogP contribution in [0.2, 0.25) is 0 Å². The highest BCUT2D eigenvalue weighted by molar-refractivity contribution is 5.96. The minimum absolute atomic E-state index is 0.283. The first-order valence-electron chi connectivity index (χ1n) is 11.5. The maximum absolute atomic E-state index is 12.9. The quantitative estimate of drug-likeness (QED) is 0.110. The van der Waals surface area contributed by atoms with E-state index < -0.39 is 73.7 Å². The minimum Gasteiger partial charge on any atom is -0.481 e. The summed E-state index contributed by atoms with van der Waals surface area (Å²) in [7, 11) is 0. The molecule has 0 radical (unpaired) electrons. The molecule has 1 fully saturated rings. The standard InChI is InChI=1S/C21H35N5O9/c22-8-2-1-5-13(21(35)26-9-3-4-10-26)24-19(33)14(11-18(31)32)25-20(34)15(12-27)23-16(28)6-7-17(29)30/h13-15,27H,1-12,22H2,(H,23,28)(H,24,33)(H,25,34)(H,29,30)(H,31,32)/t13-,14-,15-/m0/s1. The maximum Gasteiger partial charge on any atom is 0.305 e. The molecule has 0 aromatic rings. The minimum atomic E-state index is -1.59. The highest BCUT2D eigenvalue weighted by atomic mass is 16.4. The number of aliphatic carboxylic acids is 2. The van der Waals surface area contributed by atoms with Crippen LogP contribution < -0.4 is 21.7 Å². The summed E-state index contributed by atoms with van der Waals surface area (Å²) in [5, 5.41) is 34.1. The van der Waals surface area contributed by atoms with Crippen molar-refractivity contribution < 1.29 is 44.1 Å². The van der Waals surface area contributed by atoms with Gasteiger partial charge in [0.15, 0.2) is 0 Å². The highest BCUT2D eigenvalue weighted by Gasteiger charge is 2.32. The fourth-order valence-electron chi connectivity index (χ4n) is 3.52. The van der Waals surface area contributed by atoms with Crippen molar-refractivity contribution in [3.63, 3.8) is 0 Å². The molecule has 0 saturated carbocycles. The second-order valence-corrected chi connectivity index (χ2v) is 8.23. The van der Waals surface area contributed by atoms with Crippen LogP contribution in [0, 0.1) is 0 Å². The molecule has 198 valence electrons. The lowest BCUT2D eigenvalue weighted by molar-refractivity contribution is -0.142. The number of carboxylic acid groups (broad SMARTS) is 2. The Morgan fingerprint density at radius 2 is 1.40 bits per heavy atom. The number of unbranched alkanes of at least 4 members (excludes halogenated alkanes) is 1. The van der Waals surface area contributed by atoms with Crippen molar-refractivity contribution in [2.45, 2.75) is 69.5 Å². The van der Waals surface area contributed by atoms with Crippen LogP contribution in [0.15, 0.2) is 0 Å². The van der Waals surface area contributed by atoms with Crippen LogP contribution in [0.3, 0.4) is 0 Å². The van der Waals surface area contributed by atoms with Gasteiger partial charge in [0.25, 0.3) is 0 Å². The number of carbonyl (C=O) groups is 6. The van der Waals surface area contributed by atoms with E-state index in [1.807, 2.05) is 0 Å². The number of amides is 4. The van der Waals surface area contributed by atoms with Gasteiger partial charge in [-0.3, -0.25) is 28.8 Å². The summed E-state index contributed by atoms with van der Waals surface area (Å²) in [5.41, 5.74) is 5.51.